The fourth-order valence-electron chi connectivity index (χ4n) is 6.86. The third-order valence-electron chi connectivity index (χ3n) is 7.66. The molecule has 0 unspecified atom stereocenters. The maximum absolute atomic E-state index is 6.01. The van der Waals surface area contributed by atoms with Crippen LogP contribution >= 0.6 is 0 Å². The summed E-state index contributed by atoms with van der Waals surface area (Å²) in [4.78, 5) is 9.45. The second-order valence-electron chi connectivity index (χ2n) is 10.7. The van der Waals surface area contributed by atoms with Crippen molar-refractivity contribution in [2.24, 2.45) is 9.98 Å². The molecule has 31 heavy (non-hydrogen) atoms. The Morgan fingerprint density at radius 1 is 0.677 bits per heavy atom. The summed E-state index contributed by atoms with van der Waals surface area (Å²) in [6, 6.07) is 13.4. The Bertz CT molecular complexity index is 1060. The fourth-order valence-corrected chi connectivity index (χ4v) is 6.86. The van der Waals surface area contributed by atoms with Gasteiger partial charge in [0, 0.05) is 16.5 Å². The van der Waals surface area contributed by atoms with E-state index in [4.69, 9.17) is 19.5 Å². The average molecular weight is 415 g/mol. The first-order chi connectivity index (χ1) is 14.8. The number of fused-ring (bicyclic) bond motifs is 4. The topological polar surface area (TPSA) is 43.2 Å². The molecule has 2 aromatic carbocycles. The van der Waals surface area contributed by atoms with Gasteiger partial charge in [-0.15, -0.1) is 0 Å². The van der Waals surface area contributed by atoms with Gasteiger partial charge in [-0.05, 0) is 58.1 Å². The lowest BCUT2D eigenvalue weighted by Gasteiger charge is -2.32. The molecule has 0 amide bonds. The summed E-state index contributed by atoms with van der Waals surface area (Å²) in [5.74, 6) is 1.62. The zero-order chi connectivity index (χ0) is 21.4. The zero-order valence-electron chi connectivity index (χ0n) is 18.9. The number of ether oxygens (including phenoxy) is 2. The molecule has 6 rings (SSSR count). The van der Waals surface area contributed by atoms with Gasteiger partial charge in [0.25, 0.3) is 0 Å². The van der Waals surface area contributed by atoms with Crippen LogP contribution in [0, 0.1) is 0 Å². The van der Waals surface area contributed by atoms with Crippen LogP contribution in [0.1, 0.15) is 73.9 Å². The van der Waals surface area contributed by atoms with Crippen molar-refractivity contribution < 1.29 is 9.47 Å². The summed E-state index contributed by atoms with van der Waals surface area (Å²) < 4.78 is 12.0. The minimum atomic E-state index is -0.103. The molecule has 0 fully saturated rings. The Labute approximate surface area is 184 Å². The summed E-state index contributed by atoms with van der Waals surface area (Å²) in [5, 5.41) is 0. The van der Waals surface area contributed by atoms with Gasteiger partial charge >= 0.3 is 0 Å². The van der Waals surface area contributed by atoms with Crippen LogP contribution in [0.4, 0.5) is 0 Å². The molecule has 1 spiro atoms. The van der Waals surface area contributed by atoms with Crippen LogP contribution in [0.25, 0.3) is 0 Å². The number of rotatable bonds is 2. The van der Waals surface area contributed by atoms with Crippen molar-refractivity contribution in [3.8, 4) is 0 Å². The molecule has 0 saturated heterocycles. The van der Waals surface area contributed by atoms with E-state index >= 15 is 0 Å². The van der Waals surface area contributed by atoms with Crippen LogP contribution in [0.2, 0.25) is 0 Å². The third-order valence-corrected chi connectivity index (χ3v) is 7.66. The zero-order valence-corrected chi connectivity index (χ0v) is 18.9. The first-order valence-corrected chi connectivity index (χ1v) is 11.5. The SMILES string of the molecule is CC1(C)CC2(CC(C)(C)c3cccc(C4=NCCO4)c32)c2c(C3=NCCO3)cccc21. The lowest BCUT2D eigenvalue weighted by atomic mass is 9.70. The van der Waals surface area contributed by atoms with Gasteiger partial charge in [0.05, 0.1) is 13.1 Å². The molecule has 2 aromatic rings. The fraction of sp³-hybridized carbons (Fsp3) is 0.481. The van der Waals surface area contributed by atoms with Gasteiger partial charge in [-0.25, -0.2) is 9.98 Å². The molecule has 4 heteroatoms. The highest BCUT2D eigenvalue weighted by molar-refractivity contribution is 6.00. The second-order valence-corrected chi connectivity index (χ2v) is 10.7. The largest absolute Gasteiger partial charge is 0.476 e. The maximum atomic E-state index is 6.01. The molecule has 0 saturated carbocycles. The predicted molar refractivity (Wildman–Crippen MR) is 124 cm³/mol. The average Bonchev–Trinajstić information content (AvgIpc) is 3.51. The highest BCUT2D eigenvalue weighted by atomic mass is 16.5. The minimum Gasteiger partial charge on any atom is -0.476 e. The molecule has 0 bridgehead atoms. The van der Waals surface area contributed by atoms with E-state index in [1.54, 1.807) is 0 Å². The molecular formula is C27H30N2O2. The van der Waals surface area contributed by atoms with Crippen molar-refractivity contribution in [2.75, 3.05) is 26.3 Å². The predicted octanol–water partition coefficient (Wildman–Crippen LogP) is 4.89. The molecule has 0 radical (unpaired) electrons. The Hall–Kier alpha value is -2.62. The lowest BCUT2D eigenvalue weighted by Crippen LogP contribution is -2.30. The van der Waals surface area contributed by atoms with Crippen LogP contribution in [0.3, 0.4) is 0 Å². The summed E-state index contributed by atoms with van der Waals surface area (Å²) in [5.41, 5.74) is 8.06. The van der Waals surface area contributed by atoms with E-state index in [1.807, 2.05) is 0 Å². The molecule has 160 valence electrons. The first kappa shape index (κ1) is 19.1. The molecule has 4 aliphatic rings. The highest BCUT2D eigenvalue weighted by Crippen LogP contribution is 2.64. The second kappa shape index (κ2) is 6.21. The van der Waals surface area contributed by atoms with Crippen LogP contribution in [0.5, 0.6) is 0 Å². The smallest absolute Gasteiger partial charge is 0.216 e. The molecular weight excluding hydrogens is 384 g/mol. The van der Waals surface area contributed by atoms with Gasteiger partial charge in [0.2, 0.25) is 11.8 Å². The van der Waals surface area contributed by atoms with E-state index in [2.05, 4.69) is 64.1 Å². The molecule has 2 heterocycles. The molecule has 2 aliphatic heterocycles. The molecule has 0 N–H and O–H groups in total. The van der Waals surface area contributed by atoms with Crippen molar-refractivity contribution in [1.29, 1.82) is 0 Å². The maximum Gasteiger partial charge on any atom is 0.216 e. The van der Waals surface area contributed by atoms with Crippen LogP contribution < -0.4 is 0 Å². The summed E-state index contributed by atoms with van der Waals surface area (Å²) in [6.45, 7) is 12.4. The van der Waals surface area contributed by atoms with Crippen LogP contribution in [-0.2, 0) is 25.7 Å². The van der Waals surface area contributed by atoms with Crippen molar-refractivity contribution >= 4 is 11.8 Å². The monoisotopic (exact) mass is 414 g/mol. The number of nitrogens with zero attached hydrogens (tertiary/aromatic N) is 2. The van der Waals surface area contributed by atoms with E-state index in [9.17, 15) is 0 Å². The third kappa shape index (κ3) is 2.54. The number of hydrogen-bond donors (Lipinski definition) is 0. The lowest BCUT2D eigenvalue weighted by molar-refractivity contribution is 0.338. The highest BCUT2D eigenvalue weighted by Gasteiger charge is 2.58. The van der Waals surface area contributed by atoms with Crippen molar-refractivity contribution in [3.63, 3.8) is 0 Å². The number of aliphatic imine (C=N–C) groups is 2. The summed E-state index contributed by atoms with van der Waals surface area (Å²) >= 11 is 0. The van der Waals surface area contributed by atoms with Crippen molar-refractivity contribution in [1.82, 2.24) is 0 Å². The quantitative estimate of drug-likeness (QED) is 0.702. The first-order valence-electron chi connectivity index (χ1n) is 11.5. The van der Waals surface area contributed by atoms with Gasteiger partial charge in [0.1, 0.15) is 13.2 Å². The number of hydrogen-bond acceptors (Lipinski definition) is 4. The molecule has 0 atom stereocenters. The Kier molecular flexibility index (Phi) is 3.83. The normalized spacial score (nSPS) is 23.7. The summed E-state index contributed by atoms with van der Waals surface area (Å²) in [7, 11) is 0. The van der Waals surface area contributed by atoms with Crippen molar-refractivity contribution in [3.05, 3.63) is 69.8 Å². The number of benzene rings is 2. The van der Waals surface area contributed by atoms with Crippen LogP contribution in [-0.4, -0.2) is 38.1 Å². The van der Waals surface area contributed by atoms with E-state index in [1.165, 1.54) is 33.4 Å². The van der Waals surface area contributed by atoms with Gasteiger partial charge in [-0.1, -0.05) is 52.0 Å². The standard InChI is InChI=1S/C27H30N2O2/c1-25(2)15-27(21-17(7-5-9-19(21)25)23-28-11-13-30-23)16-26(3,4)20-10-6-8-18(22(20)27)24-29-12-14-31-24/h5-10H,11-16H2,1-4H3. The Morgan fingerprint density at radius 2 is 1.13 bits per heavy atom. The van der Waals surface area contributed by atoms with E-state index < -0.39 is 0 Å². The van der Waals surface area contributed by atoms with E-state index in [0.29, 0.717) is 13.2 Å². The Balaban J connectivity index is 1.69. The van der Waals surface area contributed by atoms with E-state index in [-0.39, 0.29) is 16.2 Å². The molecule has 4 nitrogen and oxygen atoms in total. The van der Waals surface area contributed by atoms with E-state index in [0.717, 1.165) is 37.7 Å². The Morgan fingerprint density at radius 3 is 1.52 bits per heavy atom. The van der Waals surface area contributed by atoms with Gasteiger partial charge in [-0.2, -0.15) is 0 Å². The van der Waals surface area contributed by atoms with Gasteiger partial charge in [0.15, 0.2) is 0 Å². The van der Waals surface area contributed by atoms with Crippen LogP contribution in [0.15, 0.2) is 46.4 Å². The minimum absolute atomic E-state index is 0.0631. The van der Waals surface area contributed by atoms with Gasteiger partial charge < -0.3 is 9.47 Å². The van der Waals surface area contributed by atoms with Crippen molar-refractivity contribution in [2.45, 2.75) is 56.8 Å². The molecule has 0 aromatic heterocycles. The molecule has 2 aliphatic carbocycles. The van der Waals surface area contributed by atoms with Gasteiger partial charge in [-0.3, -0.25) is 0 Å². The summed E-state index contributed by atoms with van der Waals surface area (Å²) in [6.07, 6.45) is 2.14.